The first-order chi connectivity index (χ1) is 10.9. The summed E-state index contributed by atoms with van der Waals surface area (Å²) in [4.78, 5) is 22.1. The number of nitrogens with zero attached hydrogens (tertiary/aromatic N) is 1. The van der Waals surface area contributed by atoms with Crippen molar-refractivity contribution in [1.82, 2.24) is 0 Å². The molecule has 0 saturated carbocycles. The number of carbonyl (C=O) groups is 1. The van der Waals surface area contributed by atoms with Crippen LogP contribution in [0.3, 0.4) is 0 Å². The molecule has 7 heteroatoms. The zero-order valence-electron chi connectivity index (χ0n) is 12.0. The number of nitrogens with one attached hydrogen (secondary N) is 1. The molecule has 2 rings (SSSR count). The minimum Gasteiger partial charge on any atom is -0.322 e. The van der Waals surface area contributed by atoms with Crippen LogP contribution in [0.2, 0.25) is 10.0 Å². The van der Waals surface area contributed by atoms with Crippen LogP contribution in [0.1, 0.15) is 11.1 Å². The lowest BCUT2D eigenvalue weighted by molar-refractivity contribution is -0.384. The van der Waals surface area contributed by atoms with E-state index in [1.807, 2.05) is 0 Å². The molecule has 5 nitrogen and oxygen atoms in total. The molecule has 0 saturated heterocycles. The lowest BCUT2D eigenvalue weighted by atomic mass is 10.1. The summed E-state index contributed by atoms with van der Waals surface area (Å²) in [5, 5.41) is 14.2. The number of rotatable bonds is 4. The normalized spacial score (nSPS) is 10.7. The van der Waals surface area contributed by atoms with Gasteiger partial charge in [-0.15, -0.1) is 0 Å². The highest BCUT2D eigenvalue weighted by Gasteiger charge is 2.09. The quantitative estimate of drug-likeness (QED) is 0.486. The zero-order valence-corrected chi connectivity index (χ0v) is 13.6. The van der Waals surface area contributed by atoms with E-state index in [0.29, 0.717) is 21.3 Å². The number of halogens is 2. The predicted molar refractivity (Wildman–Crippen MR) is 92.0 cm³/mol. The summed E-state index contributed by atoms with van der Waals surface area (Å²) in [7, 11) is 0. The van der Waals surface area contributed by atoms with Crippen LogP contribution in [0.25, 0.3) is 6.08 Å². The van der Waals surface area contributed by atoms with Crippen molar-refractivity contribution in [3.63, 3.8) is 0 Å². The minimum absolute atomic E-state index is 0.0214. The van der Waals surface area contributed by atoms with Gasteiger partial charge in [0.05, 0.1) is 15.0 Å². The van der Waals surface area contributed by atoms with Crippen molar-refractivity contribution >= 4 is 46.6 Å². The number of anilines is 1. The van der Waals surface area contributed by atoms with Gasteiger partial charge in [0.1, 0.15) is 0 Å². The summed E-state index contributed by atoms with van der Waals surface area (Å²) < 4.78 is 0. The molecular formula is C16H12Cl2N2O3. The first-order valence-electron chi connectivity index (χ1n) is 6.56. The molecule has 2 aromatic carbocycles. The van der Waals surface area contributed by atoms with E-state index >= 15 is 0 Å². The molecule has 0 radical (unpaired) electrons. The second kappa shape index (κ2) is 7.26. The van der Waals surface area contributed by atoms with E-state index in [4.69, 9.17) is 23.2 Å². The molecule has 0 aliphatic heterocycles. The summed E-state index contributed by atoms with van der Waals surface area (Å²) in [6, 6.07) is 9.25. The van der Waals surface area contributed by atoms with Crippen LogP contribution in [0, 0.1) is 17.0 Å². The monoisotopic (exact) mass is 350 g/mol. The van der Waals surface area contributed by atoms with E-state index in [1.165, 1.54) is 24.3 Å². The maximum absolute atomic E-state index is 11.9. The van der Waals surface area contributed by atoms with Crippen LogP contribution in [0.4, 0.5) is 11.4 Å². The molecule has 0 atom stereocenters. The van der Waals surface area contributed by atoms with Crippen molar-refractivity contribution in [2.75, 3.05) is 5.32 Å². The second-order valence-corrected chi connectivity index (χ2v) is 5.57. The fourth-order valence-corrected chi connectivity index (χ4v) is 2.17. The molecule has 23 heavy (non-hydrogen) atoms. The van der Waals surface area contributed by atoms with Gasteiger partial charge in [-0.2, -0.15) is 0 Å². The van der Waals surface area contributed by atoms with Crippen molar-refractivity contribution < 1.29 is 9.72 Å². The predicted octanol–water partition coefficient (Wildman–Crippen LogP) is 4.86. The van der Waals surface area contributed by atoms with Crippen molar-refractivity contribution in [3.8, 4) is 0 Å². The van der Waals surface area contributed by atoms with Gasteiger partial charge in [-0.25, -0.2) is 0 Å². The third-order valence-electron chi connectivity index (χ3n) is 3.05. The summed E-state index contributed by atoms with van der Waals surface area (Å²) in [6.07, 6.45) is 2.94. The molecule has 0 aliphatic rings. The fraction of sp³-hybridized carbons (Fsp3) is 0.0625. The lowest BCUT2D eigenvalue weighted by Crippen LogP contribution is -2.09. The Hall–Kier alpha value is -2.37. The van der Waals surface area contributed by atoms with Gasteiger partial charge in [-0.3, -0.25) is 14.9 Å². The third-order valence-corrected chi connectivity index (χ3v) is 3.79. The molecule has 0 spiro atoms. The first-order valence-corrected chi connectivity index (χ1v) is 7.31. The minimum atomic E-state index is -0.483. The smallest absolute Gasteiger partial charge is 0.269 e. The van der Waals surface area contributed by atoms with Gasteiger partial charge >= 0.3 is 0 Å². The SMILES string of the molecule is Cc1cc([N+](=O)[O-])ccc1NC(=O)C=Cc1ccc(Cl)c(Cl)c1. The van der Waals surface area contributed by atoms with Crippen molar-refractivity contribution in [1.29, 1.82) is 0 Å². The van der Waals surface area contributed by atoms with Gasteiger partial charge in [0.2, 0.25) is 5.91 Å². The van der Waals surface area contributed by atoms with Gasteiger partial charge in [0, 0.05) is 23.9 Å². The highest BCUT2D eigenvalue weighted by Crippen LogP contribution is 2.23. The summed E-state index contributed by atoms with van der Waals surface area (Å²) >= 11 is 11.7. The maximum atomic E-state index is 11.9. The Labute approximate surface area is 142 Å². The van der Waals surface area contributed by atoms with Gasteiger partial charge in [0.25, 0.3) is 5.69 Å². The van der Waals surface area contributed by atoms with E-state index in [9.17, 15) is 14.9 Å². The van der Waals surface area contributed by atoms with Crippen molar-refractivity contribution in [2.24, 2.45) is 0 Å². The van der Waals surface area contributed by atoms with Gasteiger partial charge in [-0.1, -0.05) is 29.3 Å². The third kappa shape index (κ3) is 4.55. The Morgan fingerprint density at radius 2 is 1.91 bits per heavy atom. The molecule has 0 unspecified atom stereocenters. The van der Waals surface area contributed by atoms with E-state index in [-0.39, 0.29) is 11.6 Å². The van der Waals surface area contributed by atoms with E-state index < -0.39 is 4.92 Å². The second-order valence-electron chi connectivity index (χ2n) is 4.75. The van der Waals surface area contributed by atoms with Crippen LogP contribution in [0.15, 0.2) is 42.5 Å². The maximum Gasteiger partial charge on any atom is 0.269 e. The number of aryl methyl sites for hydroxylation is 1. The molecule has 0 aromatic heterocycles. The average molecular weight is 351 g/mol. The Kier molecular flexibility index (Phi) is 5.36. The first kappa shape index (κ1) is 17.0. The Morgan fingerprint density at radius 1 is 1.17 bits per heavy atom. The number of benzene rings is 2. The molecule has 0 aliphatic carbocycles. The average Bonchev–Trinajstić information content (AvgIpc) is 2.50. The summed E-state index contributed by atoms with van der Waals surface area (Å²) in [6.45, 7) is 1.69. The van der Waals surface area contributed by atoms with Gasteiger partial charge in [0.15, 0.2) is 0 Å². The number of hydrogen-bond acceptors (Lipinski definition) is 3. The molecule has 118 valence electrons. The largest absolute Gasteiger partial charge is 0.322 e. The number of nitro benzene ring substituents is 1. The Morgan fingerprint density at radius 3 is 2.52 bits per heavy atom. The van der Waals surface area contributed by atoms with Crippen LogP contribution in [-0.4, -0.2) is 10.8 Å². The standard InChI is InChI=1S/C16H12Cl2N2O3/c1-10-8-12(20(22)23)4-6-15(10)19-16(21)7-3-11-2-5-13(17)14(18)9-11/h2-9H,1H3,(H,19,21). The zero-order chi connectivity index (χ0) is 17.0. The molecule has 1 N–H and O–H groups in total. The van der Waals surface area contributed by atoms with Crippen LogP contribution in [-0.2, 0) is 4.79 Å². The van der Waals surface area contributed by atoms with Gasteiger partial charge < -0.3 is 5.32 Å². The van der Waals surface area contributed by atoms with Crippen LogP contribution >= 0.6 is 23.2 Å². The summed E-state index contributed by atoms with van der Waals surface area (Å²) in [5.74, 6) is -0.354. The molecule has 0 fully saturated rings. The molecule has 2 aromatic rings. The Bertz CT molecular complexity index is 804. The summed E-state index contributed by atoms with van der Waals surface area (Å²) in [5.41, 5.74) is 1.83. The van der Waals surface area contributed by atoms with Gasteiger partial charge in [-0.05, 0) is 42.3 Å². The van der Waals surface area contributed by atoms with Crippen molar-refractivity contribution in [3.05, 3.63) is 73.8 Å². The number of carbonyl (C=O) groups excluding carboxylic acids is 1. The van der Waals surface area contributed by atoms with E-state index in [2.05, 4.69) is 5.32 Å². The highest BCUT2D eigenvalue weighted by molar-refractivity contribution is 6.42. The number of non-ortho nitro benzene ring substituents is 1. The molecule has 0 heterocycles. The van der Waals surface area contributed by atoms with Crippen LogP contribution < -0.4 is 5.32 Å². The topological polar surface area (TPSA) is 72.2 Å². The van der Waals surface area contributed by atoms with E-state index in [0.717, 1.165) is 5.56 Å². The molecule has 0 bridgehead atoms. The highest BCUT2D eigenvalue weighted by atomic mass is 35.5. The number of amides is 1. The number of nitro groups is 1. The van der Waals surface area contributed by atoms with Crippen LogP contribution in [0.5, 0.6) is 0 Å². The van der Waals surface area contributed by atoms with E-state index in [1.54, 1.807) is 31.2 Å². The lowest BCUT2D eigenvalue weighted by Gasteiger charge is -2.06. The Balaban J connectivity index is 2.08. The van der Waals surface area contributed by atoms with Crippen molar-refractivity contribution in [2.45, 2.75) is 6.92 Å². The fourth-order valence-electron chi connectivity index (χ4n) is 1.86. The molecular weight excluding hydrogens is 339 g/mol. The number of hydrogen-bond donors (Lipinski definition) is 1. The molecule has 1 amide bonds.